The number of thiazole rings is 1. The van der Waals surface area contributed by atoms with Gasteiger partial charge in [0.2, 0.25) is 5.91 Å². The van der Waals surface area contributed by atoms with E-state index in [4.69, 9.17) is 0 Å². The van der Waals surface area contributed by atoms with Crippen molar-refractivity contribution in [2.75, 3.05) is 23.3 Å². The molecule has 0 bridgehead atoms. The highest BCUT2D eigenvalue weighted by molar-refractivity contribution is 7.22. The Hall–Kier alpha value is -3.39. The van der Waals surface area contributed by atoms with Crippen molar-refractivity contribution >= 4 is 38.4 Å². The van der Waals surface area contributed by atoms with Gasteiger partial charge in [-0.3, -0.25) is 4.79 Å². The molecule has 0 radical (unpaired) electrons. The van der Waals surface area contributed by atoms with Gasteiger partial charge in [0.05, 0.1) is 21.8 Å². The molecule has 0 saturated carbocycles. The topological polar surface area (TPSA) is 71.0 Å². The van der Waals surface area contributed by atoms with E-state index in [1.807, 2.05) is 31.2 Å². The van der Waals surface area contributed by atoms with Crippen LogP contribution in [-0.2, 0) is 4.79 Å². The second-order valence-electron chi connectivity index (χ2n) is 8.05. The first-order chi connectivity index (χ1) is 15.5. The molecule has 2 aromatic heterocycles. The maximum Gasteiger partial charge on any atom is 0.231 e. The summed E-state index contributed by atoms with van der Waals surface area (Å²) in [7, 11) is 0. The van der Waals surface area contributed by atoms with Crippen LogP contribution in [0.5, 0.6) is 0 Å². The van der Waals surface area contributed by atoms with Crippen LogP contribution in [0.2, 0.25) is 0 Å². The van der Waals surface area contributed by atoms with Crippen LogP contribution in [0, 0.1) is 18.7 Å². The number of aryl methyl sites for hydroxylation is 1. The van der Waals surface area contributed by atoms with Crippen molar-refractivity contribution in [2.24, 2.45) is 5.92 Å². The second-order valence-corrected chi connectivity index (χ2v) is 9.08. The predicted molar refractivity (Wildman–Crippen MR) is 125 cm³/mol. The Labute approximate surface area is 189 Å². The van der Waals surface area contributed by atoms with Crippen molar-refractivity contribution in [1.29, 1.82) is 0 Å². The minimum absolute atomic E-state index is 0.0126. The van der Waals surface area contributed by atoms with E-state index in [-0.39, 0.29) is 17.6 Å². The highest BCUT2D eigenvalue weighted by Crippen LogP contribution is 2.29. The monoisotopic (exact) mass is 447 g/mol. The fourth-order valence-corrected chi connectivity index (χ4v) is 4.93. The van der Waals surface area contributed by atoms with Crippen LogP contribution >= 0.6 is 11.3 Å². The van der Waals surface area contributed by atoms with Crippen LogP contribution in [0.1, 0.15) is 18.4 Å². The Kier molecular flexibility index (Phi) is 5.53. The fraction of sp³-hybridized carbons (Fsp3) is 0.250. The van der Waals surface area contributed by atoms with Gasteiger partial charge in [-0.25, -0.2) is 9.37 Å². The summed E-state index contributed by atoms with van der Waals surface area (Å²) in [6.45, 7) is 3.46. The largest absolute Gasteiger partial charge is 0.354 e. The summed E-state index contributed by atoms with van der Waals surface area (Å²) in [4.78, 5) is 19.5. The molecule has 1 aliphatic rings. The third-order valence-corrected chi connectivity index (χ3v) is 6.61. The molecule has 1 fully saturated rings. The second kappa shape index (κ2) is 8.63. The van der Waals surface area contributed by atoms with E-state index in [0.717, 1.165) is 41.0 Å². The number of fused-ring (bicyclic) bond motifs is 1. The number of piperidine rings is 1. The third-order valence-electron chi connectivity index (χ3n) is 5.68. The smallest absolute Gasteiger partial charge is 0.231 e. The van der Waals surface area contributed by atoms with Gasteiger partial charge in [0, 0.05) is 18.7 Å². The SMILES string of the molecule is Cc1ccc2nc(NC(=O)C3CCCN(c4ccc(-c5ccc(F)cc5)nn4)C3)sc2c1. The molecule has 1 atom stereocenters. The van der Waals surface area contributed by atoms with Crippen LogP contribution < -0.4 is 10.2 Å². The van der Waals surface area contributed by atoms with Crippen molar-refractivity contribution < 1.29 is 9.18 Å². The molecule has 3 heterocycles. The molecule has 0 spiro atoms. The molecule has 1 saturated heterocycles. The summed E-state index contributed by atoms with van der Waals surface area (Å²) < 4.78 is 14.2. The number of amides is 1. The average molecular weight is 448 g/mol. The third kappa shape index (κ3) is 4.31. The molecule has 1 aliphatic heterocycles. The molecular weight excluding hydrogens is 425 g/mol. The van der Waals surface area contributed by atoms with Crippen molar-refractivity contribution in [2.45, 2.75) is 19.8 Å². The average Bonchev–Trinajstić information content (AvgIpc) is 3.21. The first kappa shape index (κ1) is 20.5. The molecule has 4 aromatic rings. The number of benzene rings is 2. The van der Waals surface area contributed by atoms with Crippen molar-refractivity contribution in [3.8, 4) is 11.3 Å². The van der Waals surface area contributed by atoms with Gasteiger partial charge < -0.3 is 10.2 Å². The van der Waals surface area contributed by atoms with Crippen molar-refractivity contribution in [3.63, 3.8) is 0 Å². The number of nitrogens with zero attached hydrogens (tertiary/aromatic N) is 4. The number of carbonyl (C=O) groups excluding carboxylic acids is 1. The normalized spacial score (nSPS) is 16.3. The highest BCUT2D eigenvalue weighted by atomic mass is 32.1. The Morgan fingerprint density at radius 2 is 1.97 bits per heavy atom. The van der Waals surface area contributed by atoms with E-state index in [1.54, 1.807) is 12.1 Å². The molecule has 0 aliphatic carbocycles. The number of hydrogen-bond acceptors (Lipinski definition) is 6. The number of nitrogens with one attached hydrogen (secondary N) is 1. The van der Waals surface area contributed by atoms with Gasteiger partial charge in [-0.1, -0.05) is 17.4 Å². The Bertz CT molecular complexity index is 1260. The van der Waals surface area contributed by atoms with Crippen molar-refractivity contribution in [3.05, 3.63) is 66.0 Å². The van der Waals surface area contributed by atoms with Crippen LogP contribution in [0.4, 0.5) is 15.3 Å². The zero-order valence-electron chi connectivity index (χ0n) is 17.6. The lowest BCUT2D eigenvalue weighted by atomic mass is 9.97. The standard InChI is InChI=1S/C24H22FN5OS/c1-15-4-9-20-21(13-15)32-24(26-20)27-23(31)17-3-2-12-30(14-17)22-11-10-19(28-29-22)16-5-7-18(25)8-6-16/h4-11,13,17H,2-3,12,14H2,1H3,(H,26,27,31). The van der Waals surface area contributed by atoms with Crippen LogP contribution in [0.3, 0.4) is 0 Å². The van der Waals surface area contributed by atoms with Gasteiger partial charge in [0.25, 0.3) is 0 Å². The summed E-state index contributed by atoms with van der Waals surface area (Å²) in [5, 5.41) is 12.3. The lowest BCUT2D eigenvalue weighted by molar-refractivity contribution is -0.120. The molecule has 2 aromatic carbocycles. The van der Waals surface area contributed by atoms with E-state index < -0.39 is 0 Å². The first-order valence-electron chi connectivity index (χ1n) is 10.6. The molecule has 1 unspecified atom stereocenters. The van der Waals surface area contributed by atoms with E-state index in [0.29, 0.717) is 17.4 Å². The van der Waals surface area contributed by atoms with E-state index in [2.05, 4.69) is 31.5 Å². The number of aromatic nitrogens is 3. The molecule has 32 heavy (non-hydrogen) atoms. The van der Waals surface area contributed by atoms with Crippen LogP contribution in [0.25, 0.3) is 21.5 Å². The maximum absolute atomic E-state index is 13.1. The number of anilines is 2. The molecule has 8 heteroatoms. The van der Waals surface area contributed by atoms with Crippen LogP contribution in [0.15, 0.2) is 54.6 Å². The Morgan fingerprint density at radius 1 is 1.12 bits per heavy atom. The van der Waals surface area contributed by atoms with Gasteiger partial charge in [-0.15, -0.1) is 10.2 Å². The summed E-state index contributed by atoms with van der Waals surface area (Å²) in [5.41, 5.74) is 3.57. The van der Waals surface area contributed by atoms with Gasteiger partial charge >= 0.3 is 0 Å². The first-order valence-corrected chi connectivity index (χ1v) is 11.4. The van der Waals surface area contributed by atoms with E-state index >= 15 is 0 Å². The number of carbonyl (C=O) groups is 1. The Morgan fingerprint density at radius 3 is 2.75 bits per heavy atom. The molecular formula is C24H22FN5OS. The zero-order valence-corrected chi connectivity index (χ0v) is 18.4. The minimum Gasteiger partial charge on any atom is -0.354 e. The van der Waals surface area contributed by atoms with Gasteiger partial charge in [-0.2, -0.15) is 0 Å². The summed E-state index contributed by atoms with van der Waals surface area (Å²) >= 11 is 1.50. The fourth-order valence-electron chi connectivity index (χ4n) is 3.96. The quantitative estimate of drug-likeness (QED) is 0.474. The molecule has 162 valence electrons. The summed E-state index contributed by atoms with van der Waals surface area (Å²) in [6, 6.07) is 16.1. The van der Waals surface area contributed by atoms with Gasteiger partial charge in [0.1, 0.15) is 5.82 Å². The van der Waals surface area contributed by atoms with Gasteiger partial charge in [-0.05, 0) is 73.9 Å². The van der Waals surface area contributed by atoms with Crippen molar-refractivity contribution in [1.82, 2.24) is 15.2 Å². The molecule has 6 nitrogen and oxygen atoms in total. The highest BCUT2D eigenvalue weighted by Gasteiger charge is 2.27. The number of hydrogen-bond donors (Lipinski definition) is 1. The molecule has 1 amide bonds. The van der Waals surface area contributed by atoms with E-state index in [1.165, 1.54) is 29.0 Å². The predicted octanol–water partition coefficient (Wildman–Crippen LogP) is 5.06. The number of halogens is 1. The summed E-state index contributed by atoms with van der Waals surface area (Å²) in [5.74, 6) is 0.304. The Balaban J connectivity index is 1.26. The van der Waals surface area contributed by atoms with Gasteiger partial charge in [0.15, 0.2) is 10.9 Å². The number of rotatable bonds is 4. The minimum atomic E-state index is -0.281. The van der Waals surface area contributed by atoms with E-state index in [9.17, 15) is 9.18 Å². The van der Waals surface area contributed by atoms with Crippen LogP contribution in [-0.4, -0.2) is 34.2 Å². The summed E-state index contributed by atoms with van der Waals surface area (Å²) in [6.07, 6.45) is 1.73. The maximum atomic E-state index is 13.1. The lowest BCUT2D eigenvalue weighted by Crippen LogP contribution is -2.41. The molecule has 1 N–H and O–H groups in total. The zero-order chi connectivity index (χ0) is 22.1. The molecule has 5 rings (SSSR count). The lowest BCUT2D eigenvalue weighted by Gasteiger charge is -2.32.